The lowest BCUT2D eigenvalue weighted by atomic mass is 10.3. The third-order valence-corrected chi connectivity index (χ3v) is 9.52. The molecule has 0 saturated carbocycles. The van der Waals surface area contributed by atoms with Gasteiger partial charge in [0.25, 0.3) is 0 Å². The Bertz CT molecular complexity index is 943. The van der Waals surface area contributed by atoms with E-state index in [1.54, 1.807) is 12.9 Å². The number of benzene rings is 1. The molecular formula is C19H17O3PS3. The number of aliphatic hydroxyl groups is 1. The van der Waals surface area contributed by atoms with Crippen LogP contribution in [0.25, 0.3) is 5.76 Å². The summed E-state index contributed by atoms with van der Waals surface area (Å²) >= 11 is 8.82. The quantitative estimate of drug-likeness (QED) is 0.317. The van der Waals surface area contributed by atoms with Crippen LogP contribution >= 0.6 is 28.7 Å². The SMILES string of the molecule is COc1ccc(P(=S)(/C=C(/O)c2cccs2)CC(=O)c2cccs2)cc1. The molecule has 3 nitrogen and oxygen atoms in total. The van der Waals surface area contributed by atoms with E-state index in [0.717, 1.165) is 15.9 Å². The zero-order valence-electron chi connectivity index (χ0n) is 14.0. The van der Waals surface area contributed by atoms with Gasteiger partial charge in [-0.25, -0.2) is 0 Å². The average Bonchev–Trinajstić information content (AvgIpc) is 3.35. The van der Waals surface area contributed by atoms with Crippen molar-refractivity contribution in [2.45, 2.75) is 0 Å². The van der Waals surface area contributed by atoms with Gasteiger partial charge in [0.15, 0.2) is 5.78 Å². The molecule has 134 valence electrons. The van der Waals surface area contributed by atoms with E-state index in [4.69, 9.17) is 16.5 Å². The Kier molecular flexibility index (Phi) is 6.09. The van der Waals surface area contributed by atoms with E-state index in [9.17, 15) is 9.90 Å². The van der Waals surface area contributed by atoms with E-state index in [2.05, 4.69) is 0 Å². The van der Waals surface area contributed by atoms with Crippen molar-refractivity contribution >= 4 is 57.4 Å². The molecule has 1 unspecified atom stereocenters. The Labute approximate surface area is 165 Å². The minimum Gasteiger partial charge on any atom is -0.506 e. The third kappa shape index (κ3) is 4.33. The van der Waals surface area contributed by atoms with Gasteiger partial charge in [-0.1, -0.05) is 23.9 Å². The van der Waals surface area contributed by atoms with Crippen molar-refractivity contribution in [1.29, 1.82) is 0 Å². The molecule has 0 aliphatic carbocycles. The van der Waals surface area contributed by atoms with Crippen LogP contribution in [0.5, 0.6) is 5.75 Å². The number of rotatable bonds is 7. The summed E-state index contributed by atoms with van der Waals surface area (Å²) in [5.74, 6) is 2.58. The van der Waals surface area contributed by atoms with Gasteiger partial charge in [-0.3, -0.25) is 4.79 Å². The van der Waals surface area contributed by atoms with Crippen molar-refractivity contribution in [1.82, 2.24) is 0 Å². The molecular weight excluding hydrogens is 403 g/mol. The Morgan fingerprint density at radius 3 is 2.27 bits per heavy atom. The molecule has 7 heteroatoms. The first kappa shape index (κ1) is 19.1. The van der Waals surface area contributed by atoms with E-state index in [-0.39, 0.29) is 17.7 Å². The minimum atomic E-state index is -2.47. The third-order valence-electron chi connectivity index (χ3n) is 3.79. The fourth-order valence-corrected chi connectivity index (χ4v) is 7.18. The van der Waals surface area contributed by atoms with Crippen LogP contribution in [0.2, 0.25) is 0 Å². The summed E-state index contributed by atoms with van der Waals surface area (Å²) in [5, 5.41) is 15.2. The van der Waals surface area contributed by atoms with Gasteiger partial charge >= 0.3 is 0 Å². The summed E-state index contributed by atoms with van der Waals surface area (Å²) in [5.41, 5.74) is 0. The fraction of sp³-hybridized carbons (Fsp3) is 0.105. The number of methoxy groups -OCH3 is 1. The van der Waals surface area contributed by atoms with Gasteiger partial charge in [0.1, 0.15) is 11.5 Å². The molecule has 0 fully saturated rings. The maximum Gasteiger partial charge on any atom is 0.178 e. The highest BCUT2D eigenvalue weighted by molar-refractivity contribution is 8.20. The second kappa shape index (κ2) is 8.31. The molecule has 0 amide bonds. The molecule has 2 aromatic heterocycles. The summed E-state index contributed by atoms with van der Waals surface area (Å²) in [4.78, 5) is 14.2. The van der Waals surface area contributed by atoms with Crippen LogP contribution in [0.4, 0.5) is 0 Å². The molecule has 0 radical (unpaired) electrons. The van der Waals surface area contributed by atoms with E-state index < -0.39 is 6.04 Å². The number of carbonyl (C=O) groups is 1. The van der Waals surface area contributed by atoms with Gasteiger partial charge in [-0.05, 0) is 58.3 Å². The fourth-order valence-electron chi connectivity index (χ4n) is 2.46. The van der Waals surface area contributed by atoms with Crippen molar-refractivity contribution in [3.8, 4) is 5.75 Å². The molecule has 0 aliphatic heterocycles. The molecule has 2 heterocycles. The topological polar surface area (TPSA) is 46.5 Å². The second-order valence-corrected chi connectivity index (χ2v) is 12.1. The maximum absolute atomic E-state index is 12.7. The van der Waals surface area contributed by atoms with Crippen molar-refractivity contribution in [2.75, 3.05) is 13.3 Å². The van der Waals surface area contributed by atoms with Gasteiger partial charge in [0.2, 0.25) is 0 Å². The summed E-state index contributed by atoms with van der Waals surface area (Å²) < 4.78 is 5.21. The highest BCUT2D eigenvalue weighted by Gasteiger charge is 2.24. The van der Waals surface area contributed by atoms with Crippen molar-refractivity contribution in [3.63, 3.8) is 0 Å². The van der Waals surface area contributed by atoms with E-state index in [1.165, 1.54) is 22.7 Å². The Morgan fingerprint density at radius 1 is 1.12 bits per heavy atom. The van der Waals surface area contributed by atoms with E-state index in [1.807, 2.05) is 59.3 Å². The zero-order chi connectivity index (χ0) is 18.6. The molecule has 26 heavy (non-hydrogen) atoms. The van der Waals surface area contributed by atoms with Crippen LogP contribution < -0.4 is 10.0 Å². The van der Waals surface area contributed by atoms with Crippen molar-refractivity contribution < 1.29 is 14.6 Å². The summed E-state index contributed by atoms with van der Waals surface area (Å²) in [6.07, 6.45) is 0.199. The number of hydrogen-bond acceptors (Lipinski definition) is 6. The summed E-state index contributed by atoms with van der Waals surface area (Å²) in [6, 6.07) is 12.4. The van der Waals surface area contributed by atoms with Gasteiger partial charge in [0, 0.05) is 12.2 Å². The number of thiophene rings is 2. The molecule has 1 atom stereocenters. The van der Waals surface area contributed by atoms with Crippen LogP contribution in [0, 0.1) is 0 Å². The predicted molar refractivity (Wildman–Crippen MR) is 115 cm³/mol. The van der Waals surface area contributed by atoms with Gasteiger partial charge in [0.05, 0.1) is 16.9 Å². The smallest absolute Gasteiger partial charge is 0.178 e. The number of ether oxygens (including phenoxy) is 1. The number of carbonyl (C=O) groups excluding carboxylic acids is 1. The average molecular weight is 421 g/mol. The van der Waals surface area contributed by atoms with Crippen LogP contribution in [-0.4, -0.2) is 24.2 Å². The lowest BCUT2D eigenvalue weighted by Gasteiger charge is -2.19. The number of Topliss-reactive ketones (excluding diaryl/α,β-unsaturated/α-hetero) is 1. The highest BCUT2D eigenvalue weighted by atomic mass is 32.4. The predicted octanol–water partition coefficient (Wildman–Crippen LogP) is 5.36. The van der Waals surface area contributed by atoms with Crippen LogP contribution in [0.1, 0.15) is 14.5 Å². The second-order valence-electron chi connectivity index (χ2n) is 5.54. The van der Waals surface area contributed by atoms with Gasteiger partial charge in [-0.15, -0.1) is 22.7 Å². The molecule has 0 aliphatic rings. The molecule has 0 saturated heterocycles. The standard InChI is InChI=1S/C19H17O3PS3/c1-22-14-6-8-15(9-7-14)23(24,12-16(20)18-4-2-10-25-18)13-17(21)19-5-3-11-26-19/h2-12,20H,13H2,1H3/b16-12+. The van der Waals surface area contributed by atoms with E-state index >= 15 is 0 Å². The van der Waals surface area contributed by atoms with E-state index in [0.29, 0.717) is 4.88 Å². The van der Waals surface area contributed by atoms with Crippen LogP contribution in [0.15, 0.2) is 65.1 Å². The molecule has 0 bridgehead atoms. The largest absolute Gasteiger partial charge is 0.506 e. The number of ketones is 1. The minimum absolute atomic E-state index is 0.00869. The molecule has 1 N–H and O–H groups in total. The van der Waals surface area contributed by atoms with Crippen molar-refractivity contribution in [3.05, 3.63) is 74.9 Å². The normalized spacial score (nSPS) is 14.0. The van der Waals surface area contributed by atoms with Crippen molar-refractivity contribution in [2.24, 2.45) is 0 Å². The molecule has 3 aromatic rings. The maximum atomic E-state index is 12.7. The Hall–Kier alpha value is -1.72. The summed E-state index contributed by atoms with van der Waals surface area (Å²) in [7, 11) is 1.61. The molecule has 0 spiro atoms. The van der Waals surface area contributed by atoms with Gasteiger partial charge in [-0.2, -0.15) is 0 Å². The molecule has 1 aromatic carbocycles. The Morgan fingerprint density at radius 2 is 1.73 bits per heavy atom. The van der Waals surface area contributed by atoms with Crippen LogP contribution in [0.3, 0.4) is 0 Å². The number of hydrogen-bond donors (Lipinski definition) is 1. The first-order chi connectivity index (χ1) is 12.5. The van der Waals surface area contributed by atoms with Gasteiger partial charge < -0.3 is 9.84 Å². The van der Waals surface area contributed by atoms with Crippen LogP contribution in [-0.2, 0) is 11.8 Å². The number of aliphatic hydroxyl groups excluding tert-OH is 1. The monoisotopic (exact) mass is 420 g/mol. The zero-order valence-corrected chi connectivity index (χ0v) is 17.3. The lowest BCUT2D eigenvalue weighted by molar-refractivity contribution is 0.102. The summed E-state index contributed by atoms with van der Waals surface area (Å²) in [6.45, 7) is 0. The Balaban J connectivity index is 2.01. The molecule has 3 rings (SSSR count). The first-order valence-electron chi connectivity index (χ1n) is 7.77. The lowest BCUT2D eigenvalue weighted by Crippen LogP contribution is -2.12. The first-order valence-corrected chi connectivity index (χ1v) is 12.6. The highest BCUT2D eigenvalue weighted by Crippen LogP contribution is 2.49.